The van der Waals surface area contributed by atoms with Crippen molar-refractivity contribution in [3.05, 3.63) is 71.8 Å². The number of carbonyl (C=O) groups excluding carboxylic acids is 9. The maximum atomic E-state index is 13.9. The van der Waals surface area contributed by atoms with Gasteiger partial charge in [-0.25, -0.2) is 4.79 Å². The number of carboxylic acids is 2. The van der Waals surface area contributed by atoms with Gasteiger partial charge in [-0.15, -0.1) is 0 Å². The summed E-state index contributed by atoms with van der Waals surface area (Å²) < 4.78 is 0. The van der Waals surface area contributed by atoms with Crippen LogP contribution in [-0.2, 0) is 65.6 Å². The molecule has 73 heavy (non-hydrogen) atoms. The summed E-state index contributed by atoms with van der Waals surface area (Å²) in [5, 5.41) is 48.6. The third-order valence-electron chi connectivity index (χ3n) is 11.3. The Morgan fingerprint density at radius 1 is 0.493 bits per heavy atom. The third-order valence-corrected chi connectivity index (χ3v) is 11.3. The second-order valence-electron chi connectivity index (χ2n) is 18.7. The lowest BCUT2D eigenvalue weighted by atomic mass is 10.0. The van der Waals surface area contributed by atoms with Crippen LogP contribution in [0.3, 0.4) is 0 Å². The Hall–Kier alpha value is -7.47. The molecule has 0 bridgehead atoms. The number of benzene rings is 2. The van der Waals surface area contributed by atoms with E-state index in [0.29, 0.717) is 5.56 Å². The molecule has 0 saturated heterocycles. The summed E-state index contributed by atoms with van der Waals surface area (Å²) in [6.45, 7) is 10.0. The molecule has 2 aromatic rings. The Balaban J connectivity index is 2.29. The minimum Gasteiger partial charge on any atom is -0.481 e. The first-order valence-electron chi connectivity index (χ1n) is 23.8. The van der Waals surface area contributed by atoms with Gasteiger partial charge in [-0.3, -0.25) is 47.9 Å². The van der Waals surface area contributed by atoms with Crippen LogP contribution in [-0.4, -0.2) is 141 Å². The molecule has 24 heteroatoms. The van der Waals surface area contributed by atoms with Crippen molar-refractivity contribution in [1.82, 2.24) is 42.5 Å². The van der Waals surface area contributed by atoms with Gasteiger partial charge in [0.15, 0.2) is 0 Å². The summed E-state index contributed by atoms with van der Waals surface area (Å²) in [6.07, 6.45) is -1.84. The molecule has 0 aliphatic carbocycles. The van der Waals surface area contributed by atoms with Gasteiger partial charge in [-0.1, -0.05) is 102 Å². The number of aliphatic carboxylic acids is 2. The highest BCUT2D eigenvalue weighted by atomic mass is 16.4. The molecule has 0 radical (unpaired) electrons. The van der Waals surface area contributed by atoms with Crippen molar-refractivity contribution >= 4 is 65.1 Å². The first kappa shape index (κ1) is 61.6. The van der Waals surface area contributed by atoms with Crippen molar-refractivity contribution in [2.24, 2.45) is 29.2 Å². The van der Waals surface area contributed by atoms with E-state index in [2.05, 4.69) is 42.5 Å². The highest BCUT2D eigenvalue weighted by Crippen LogP contribution is 2.11. The first-order chi connectivity index (χ1) is 34.2. The zero-order valence-corrected chi connectivity index (χ0v) is 42.1. The number of aliphatic hydroxyl groups is 1. The van der Waals surface area contributed by atoms with Gasteiger partial charge < -0.3 is 69.3 Å². The van der Waals surface area contributed by atoms with Crippen LogP contribution in [0.1, 0.15) is 85.3 Å². The monoisotopic (exact) mass is 1020 g/mol. The zero-order valence-electron chi connectivity index (χ0n) is 42.1. The molecule has 0 aliphatic rings. The molecule has 2 rings (SSSR count). The Morgan fingerprint density at radius 3 is 1.42 bits per heavy atom. The lowest BCUT2D eigenvalue weighted by Gasteiger charge is -2.28. The first-order valence-corrected chi connectivity index (χ1v) is 23.8. The van der Waals surface area contributed by atoms with E-state index in [1.54, 1.807) is 102 Å². The van der Waals surface area contributed by atoms with Crippen LogP contribution in [0.25, 0.3) is 0 Å². The number of amides is 9. The topological polar surface area (TPSA) is 397 Å². The Labute approximate surface area is 423 Å². The molecule has 0 aromatic heterocycles. The number of rotatable bonds is 31. The lowest BCUT2D eigenvalue weighted by molar-refractivity contribution is -0.144. The van der Waals surface area contributed by atoms with E-state index in [-0.39, 0.29) is 25.2 Å². The highest BCUT2D eigenvalue weighted by molar-refractivity contribution is 5.99. The molecule has 9 unspecified atom stereocenters. The molecular weight excluding hydrogens is 953 g/mol. The molecule has 15 N–H and O–H groups in total. The minimum atomic E-state index is -1.82. The quantitative estimate of drug-likeness (QED) is 0.0384. The summed E-state index contributed by atoms with van der Waals surface area (Å²) in [5.41, 5.74) is 12.8. The van der Waals surface area contributed by atoms with Gasteiger partial charge >= 0.3 is 11.9 Å². The molecule has 0 heterocycles. The lowest BCUT2D eigenvalue weighted by Crippen LogP contribution is -2.61. The smallest absolute Gasteiger partial charge is 0.326 e. The van der Waals surface area contributed by atoms with E-state index in [1.165, 1.54) is 6.92 Å². The molecular formula is C49H72N10O14. The van der Waals surface area contributed by atoms with Crippen LogP contribution in [0.2, 0.25) is 0 Å². The maximum Gasteiger partial charge on any atom is 0.326 e. The average molecular weight is 1030 g/mol. The van der Waals surface area contributed by atoms with Gasteiger partial charge in [0.2, 0.25) is 53.2 Å². The summed E-state index contributed by atoms with van der Waals surface area (Å²) in [5.74, 6) is -12.8. The van der Waals surface area contributed by atoms with Crippen molar-refractivity contribution in [2.45, 2.75) is 141 Å². The number of hydrogen-bond donors (Lipinski definition) is 13. The SMILES string of the molecule is CC(C)CC(NC(=O)C(N)Cc1ccccc1)C(=O)NC(CC(=O)O)C(=O)NC(CCC(N)=O)C(=O)NC(C(=O)NC(C)C(=O)NC(Cc1ccccc1)C(=O)NC(CO)C(=O)NC(C(=O)O)C(C)C)C(C)C. The van der Waals surface area contributed by atoms with Crippen molar-refractivity contribution in [2.75, 3.05) is 6.61 Å². The largest absolute Gasteiger partial charge is 0.481 e. The minimum absolute atomic E-state index is 0.0604. The molecule has 24 nitrogen and oxygen atoms in total. The van der Waals surface area contributed by atoms with Crippen LogP contribution in [0.15, 0.2) is 60.7 Å². The predicted molar refractivity (Wildman–Crippen MR) is 264 cm³/mol. The number of carbonyl (C=O) groups is 11. The summed E-state index contributed by atoms with van der Waals surface area (Å²) >= 11 is 0. The van der Waals surface area contributed by atoms with Crippen LogP contribution < -0.4 is 54.0 Å². The van der Waals surface area contributed by atoms with Gasteiger partial charge in [0, 0.05) is 12.8 Å². The van der Waals surface area contributed by atoms with Gasteiger partial charge in [-0.2, -0.15) is 0 Å². The van der Waals surface area contributed by atoms with Crippen molar-refractivity contribution in [3.8, 4) is 0 Å². The van der Waals surface area contributed by atoms with Crippen LogP contribution in [0.4, 0.5) is 0 Å². The Bertz CT molecular complexity index is 2230. The number of aliphatic hydroxyl groups excluding tert-OH is 1. The number of carboxylic acid groups (broad SMARTS) is 2. The van der Waals surface area contributed by atoms with Crippen LogP contribution >= 0.6 is 0 Å². The molecule has 9 atom stereocenters. The number of nitrogens with one attached hydrogen (secondary N) is 8. The van der Waals surface area contributed by atoms with E-state index < -0.39 is 157 Å². The van der Waals surface area contributed by atoms with Gasteiger partial charge in [-0.05, 0) is 55.1 Å². The molecule has 402 valence electrons. The van der Waals surface area contributed by atoms with Crippen molar-refractivity contribution in [1.29, 1.82) is 0 Å². The molecule has 2 aromatic carbocycles. The fraction of sp³-hybridized carbons (Fsp3) is 0.531. The van der Waals surface area contributed by atoms with Crippen LogP contribution in [0, 0.1) is 17.8 Å². The Morgan fingerprint density at radius 2 is 0.932 bits per heavy atom. The standard InChI is InChI=1S/C49H72N10O14/c1-25(2)20-33(55-42(65)31(50)21-29-14-10-8-11-15-29)44(67)56-35(23-38(62)63)46(69)53-32(18-19-37(51)61)43(66)58-39(26(3)4)48(71)52-28(7)41(64)54-34(22-30-16-12-9-13-17-30)45(68)57-36(24-60)47(70)59-40(27(5)6)49(72)73/h8-17,25-28,31-36,39-40,60H,18-24,50H2,1-7H3,(H2,51,61)(H,52,71)(H,53,69)(H,54,64)(H,55,65)(H,56,67)(H,57,68)(H,58,66)(H,59,70)(H,62,63)(H,72,73). The van der Waals surface area contributed by atoms with Gasteiger partial charge in [0.1, 0.15) is 48.3 Å². The summed E-state index contributed by atoms with van der Waals surface area (Å²) in [6, 6.07) is 4.23. The van der Waals surface area contributed by atoms with Gasteiger partial charge in [0.05, 0.1) is 19.1 Å². The number of primary amides is 1. The Kier molecular flexibility index (Phi) is 25.7. The zero-order chi connectivity index (χ0) is 55.1. The summed E-state index contributed by atoms with van der Waals surface area (Å²) in [7, 11) is 0. The normalized spacial score (nSPS) is 14.8. The van der Waals surface area contributed by atoms with Crippen molar-refractivity contribution < 1.29 is 68.1 Å². The summed E-state index contributed by atoms with van der Waals surface area (Å²) in [4.78, 5) is 144. The molecule has 0 aliphatic heterocycles. The molecule has 0 saturated carbocycles. The molecule has 0 spiro atoms. The fourth-order valence-corrected chi connectivity index (χ4v) is 7.17. The van der Waals surface area contributed by atoms with Crippen LogP contribution in [0.5, 0.6) is 0 Å². The van der Waals surface area contributed by atoms with E-state index in [9.17, 15) is 68.1 Å². The maximum absolute atomic E-state index is 13.9. The second kappa shape index (κ2) is 30.4. The fourth-order valence-electron chi connectivity index (χ4n) is 7.17. The second-order valence-corrected chi connectivity index (χ2v) is 18.7. The van der Waals surface area contributed by atoms with E-state index in [0.717, 1.165) is 5.56 Å². The third kappa shape index (κ3) is 21.8. The predicted octanol–water partition coefficient (Wildman–Crippen LogP) is -2.13. The molecule has 9 amide bonds. The van der Waals surface area contributed by atoms with Gasteiger partial charge in [0.25, 0.3) is 0 Å². The van der Waals surface area contributed by atoms with E-state index in [1.807, 2.05) is 0 Å². The van der Waals surface area contributed by atoms with E-state index >= 15 is 0 Å². The van der Waals surface area contributed by atoms with E-state index in [4.69, 9.17) is 11.5 Å². The molecule has 0 fully saturated rings. The van der Waals surface area contributed by atoms with Crippen molar-refractivity contribution in [3.63, 3.8) is 0 Å². The highest BCUT2D eigenvalue weighted by Gasteiger charge is 2.36. The number of nitrogens with two attached hydrogens (primary N) is 2. The number of hydrogen-bond acceptors (Lipinski definition) is 13. The average Bonchev–Trinajstić information content (AvgIpc) is 3.31.